The molecule has 6 heteroatoms. The Balaban J connectivity index is 2.08. The highest BCUT2D eigenvalue weighted by atomic mass is 16.2. The van der Waals surface area contributed by atoms with Gasteiger partial charge in [0.1, 0.15) is 0 Å². The molecule has 22 heavy (non-hydrogen) atoms. The molecule has 2 heterocycles. The number of aryl methyl sites for hydroxylation is 4. The summed E-state index contributed by atoms with van der Waals surface area (Å²) in [6.07, 6.45) is 1.79. The van der Waals surface area contributed by atoms with Crippen LogP contribution < -0.4 is 0 Å². The van der Waals surface area contributed by atoms with Crippen LogP contribution in [0.1, 0.15) is 35.6 Å². The van der Waals surface area contributed by atoms with Crippen molar-refractivity contribution < 1.29 is 5.11 Å². The van der Waals surface area contributed by atoms with E-state index in [0.29, 0.717) is 0 Å². The van der Waals surface area contributed by atoms with Crippen LogP contribution in [0.15, 0.2) is 12.1 Å². The summed E-state index contributed by atoms with van der Waals surface area (Å²) in [6.45, 7) is 10.8. The summed E-state index contributed by atoms with van der Waals surface area (Å²) < 4.78 is 4.06. The first kappa shape index (κ1) is 16.7. The van der Waals surface area contributed by atoms with Gasteiger partial charge in [-0.2, -0.15) is 10.2 Å². The van der Waals surface area contributed by atoms with Crippen LogP contribution in [-0.4, -0.2) is 42.7 Å². The third-order valence-electron chi connectivity index (χ3n) is 3.76. The summed E-state index contributed by atoms with van der Waals surface area (Å²) in [5, 5.41) is 18.1. The van der Waals surface area contributed by atoms with Gasteiger partial charge in [0.05, 0.1) is 24.7 Å². The van der Waals surface area contributed by atoms with Crippen molar-refractivity contribution in [2.24, 2.45) is 0 Å². The molecule has 0 bridgehead atoms. The molecule has 6 nitrogen and oxygen atoms in total. The average molecular weight is 305 g/mol. The molecule has 0 aliphatic carbocycles. The third-order valence-corrected chi connectivity index (χ3v) is 3.76. The molecule has 0 amide bonds. The van der Waals surface area contributed by atoms with Crippen molar-refractivity contribution in [2.45, 2.75) is 53.9 Å². The number of aliphatic hydroxyl groups is 1. The monoisotopic (exact) mass is 305 g/mol. The fourth-order valence-electron chi connectivity index (χ4n) is 2.65. The van der Waals surface area contributed by atoms with E-state index in [9.17, 15) is 0 Å². The second-order valence-electron chi connectivity index (χ2n) is 5.96. The van der Waals surface area contributed by atoms with Crippen molar-refractivity contribution in [1.82, 2.24) is 24.5 Å². The van der Waals surface area contributed by atoms with Crippen LogP contribution in [0.2, 0.25) is 0 Å². The largest absolute Gasteiger partial charge is 0.396 e. The van der Waals surface area contributed by atoms with E-state index in [-0.39, 0.29) is 6.61 Å². The van der Waals surface area contributed by atoms with Gasteiger partial charge in [0, 0.05) is 24.5 Å². The maximum atomic E-state index is 9.00. The fraction of sp³-hybridized carbons (Fsp3) is 0.625. The molecule has 2 aromatic rings. The molecule has 0 radical (unpaired) electrons. The lowest BCUT2D eigenvalue weighted by atomic mass is 10.3. The number of rotatable bonds is 8. The highest BCUT2D eigenvalue weighted by Crippen LogP contribution is 2.08. The minimum Gasteiger partial charge on any atom is -0.396 e. The van der Waals surface area contributed by atoms with E-state index in [0.717, 1.165) is 55.5 Å². The standard InChI is InChI=1S/C16H27N5O/c1-13-9-15(3)20(17-13)11-19(7-5-6-8-22)12-21-16(4)10-14(2)18-21/h9-10,22H,5-8,11-12H2,1-4H3. The minimum atomic E-state index is 0.244. The second-order valence-corrected chi connectivity index (χ2v) is 5.96. The van der Waals surface area contributed by atoms with Crippen LogP contribution in [0.25, 0.3) is 0 Å². The zero-order valence-corrected chi connectivity index (χ0v) is 14.1. The topological polar surface area (TPSA) is 59.1 Å². The summed E-state index contributed by atoms with van der Waals surface area (Å²) >= 11 is 0. The highest BCUT2D eigenvalue weighted by molar-refractivity contribution is 5.07. The Kier molecular flexibility index (Phi) is 5.74. The molecule has 0 aliphatic heterocycles. The van der Waals surface area contributed by atoms with Crippen LogP contribution in [0, 0.1) is 27.7 Å². The molecular formula is C16H27N5O. The summed E-state index contributed by atoms with van der Waals surface area (Å²) in [4.78, 5) is 2.31. The van der Waals surface area contributed by atoms with Crippen molar-refractivity contribution in [3.8, 4) is 0 Å². The molecule has 2 aromatic heterocycles. The van der Waals surface area contributed by atoms with Crippen molar-refractivity contribution >= 4 is 0 Å². The van der Waals surface area contributed by atoms with Gasteiger partial charge >= 0.3 is 0 Å². The summed E-state index contributed by atoms with van der Waals surface area (Å²) in [5.74, 6) is 0. The first-order valence-electron chi connectivity index (χ1n) is 7.85. The number of hydrogen-bond acceptors (Lipinski definition) is 4. The van der Waals surface area contributed by atoms with E-state index in [2.05, 4.69) is 41.1 Å². The van der Waals surface area contributed by atoms with Gasteiger partial charge in [0.15, 0.2) is 0 Å². The third kappa shape index (κ3) is 4.42. The van der Waals surface area contributed by atoms with Gasteiger partial charge in [-0.1, -0.05) is 0 Å². The molecule has 0 saturated heterocycles. The molecule has 0 unspecified atom stereocenters. The van der Waals surface area contributed by atoms with E-state index < -0.39 is 0 Å². The Morgan fingerprint density at radius 1 is 0.909 bits per heavy atom. The van der Waals surface area contributed by atoms with E-state index >= 15 is 0 Å². The van der Waals surface area contributed by atoms with E-state index in [1.165, 1.54) is 0 Å². The first-order chi connectivity index (χ1) is 10.5. The van der Waals surface area contributed by atoms with Crippen molar-refractivity contribution in [1.29, 1.82) is 0 Å². The predicted octanol–water partition coefficient (Wildman–Crippen LogP) is 2.00. The zero-order chi connectivity index (χ0) is 16.1. The normalized spacial score (nSPS) is 11.5. The van der Waals surface area contributed by atoms with E-state index in [1.807, 2.05) is 23.2 Å². The lowest BCUT2D eigenvalue weighted by Gasteiger charge is -2.23. The Labute approximate surface area is 132 Å². The van der Waals surface area contributed by atoms with Crippen molar-refractivity contribution in [3.63, 3.8) is 0 Å². The number of unbranched alkanes of at least 4 members (excludes halogenated alkanes) is 1. The van der Waals surface area contributed by atoms with Gasteiger partial charge in [-0.05, 0) is 52.7 Å². The van der Waals surface area contributed by atoms with Crippen LogP contribution in [0.4, 0.5) is 0 Å². The van der Waals surface area contributed by atoms with Crippen LogP contribution >= 0.6 is 0 Å². The first-order valence-corrected chi connectivity index (χ1v) is 7.85. The second kappa shape index (κ2) is 7.56. The Bertz CT molecular complexity index is 553. The molecular weight excluding hydrogens is 278 g/mol. The zero-order valence-electron chi connectivity index (χ0n) is 14.1. The lowest BCUT2D eigenvalue weighted by molar-refractivity contribution is 0.143. The number of aromatic nitrogens is 4. The van der Waals surface area contributed by atoms with Gasteiger partial charge in [0.25, 0.3) is 0 Å². The van der Waals surface area contributed by atoms with E-state index in [1.54, 1.807) is 0 Å². The summed E-state index contributed by atoms with van der Waals surface area (Å²) in [6, 6.07) is 4.18. The maximum absolute atomic E-state index is 9.00. The number of aliphatic hydroxyl groups excluding tert-OH is 1. The van der Waals surface area contributed by atoms with Crippen LogP contribution in [0.3, 0.4) is 0 Å². The molecule has 0 aromatic carbocycles. The Morgan fingerprint density at radius 2 is 1.41 bits per heavy atom. The van der Waals surface area contributed by atoms with Gasteiger partial charge in [-0.15, -0.1) is 0 Å². The van der Waals surface area contributed by atoms with Crippen LogP contribution in [0.5, 0.6) is 0 Å². The average Bonchev–Trinajstić information content (AvgIpc) is 2.92. The van der Waals surface area contributed by atoms with E-state index in [4.69, 9.17) is 5.11 Å². The van der Waals surface area contributed by atoms with Gasteiger partial charge < -0.3 is 5.11 Å². The maximum Gasteiger partial charge on any atom is 0.0946 e. The fourth-order valence-corrected chi connectivity index (χ4v) is 2.65. The highest BCUT2D eigenvalue weighted by Gasteiger charge is 2.11. The minimum absolute atomic E-state index is 0.244. The van der Waals surface area contributed by atoms with Gasteiger partial charge in [0.2, 0.25) is 0 Å². The molecule has 1 N–H and O–H groups in total. The number of nitrogens with zero attached hydrogens (tertiary/aromatic N) is 5. The molecule has 0 atom stereocenters. The lowest BCUT2D eigenvalue weighted by Crippen LogP contribution is -2.31. The van der Waals surface area contributed by atoms with Crippen molar-refractivity contribution in [2.75, 3.05) is 13.2 Å². The Hall–Kier alpha value is -1.66. The predicted molar refractivity (Wildman–Crippen MR) is 86.4 cm³/mol. The summed E-state index contributed by atoms with van der Waals surface area (Å²) in [5.41, 5.74) is 4.41. The molecule has 0 saturated carbocycles. The quantitative estimate of drug-likeness (QED) is 0.758. The molecule has 122 valence electrons. The number of hydrogen-bond donors (Lipinski definition) is 1. The SMILES string of the molecule is Cc1cc(C)n(CN(CCCCO)Cn2nc(C)cc2C)n1. The Morgan fingerprint density at radius 3 is 1.77 bits per heavy atom. The van der Waals surface area contributed by atoms with Gasteiger partial charge in [-0.3, -0.25) is 14.3 Å². The van der Waals surface area contributed by atoms with Crippen molar-refractivity contribution in [3.05, 3.63) is 34.9 Å². The summed E-state index contributed by atoms with van der Waals surface area (Å²) in [7, 11) is 0. The molecule has 0 spiro atoms. The van der Waals surface area contributed by atoms with Gasteiger partial charge in [-0.25, -0.2) is 0 Å². The molecule has 0 aliphatic rings. The molecule has 0 fully saturated rings. The smallest absolute Gasteiger partial charge is 0.0946 e. The van der Waals surface area contributed by atoms with Crippen LogP contribution in [-0.2, 0) is 13.3 Å². The molecule has 2 rings (SSSR count).